The van der Waals surface area contributed by atoms with Crippen molar-refractivity contribution >= 4 is 28.4 Å². The largest absolute Gasteiger partial charge is 0.356 e. The summed E-state index contributed by atoms with van der Waals surface area (Å²) in [6.45, 7) is 1.98. The predicted octanol–water partition coefficient (Wildman–Crippen LogP) is 0.580. The zero-order valence-corrected chi connectivity index (χ0v) is 8.84. The first-order chi connectivity index (χ1) is 7.43. The Kier molecular flexibility index (Phi) is 2.24. The summed E-state index contributed by atoms with van der Waals surface area (Å²) in [5.41, 5.74) is 2.91. The maximum atomic E-state index is 4.27. The van der Waals surface area contributed by atoms with E-state index in [2.05, 4.69) is 24.7 Å². The molecule has 0 radical (unpaired) electrons. The summed E-state index contributed by atoms with van der Waals surface area (Å²) in [6.07, 6.45) is 0.136. The normalized spacial score (nSPS) is 17.3. The van der Waals surface area contributed by atoms with Crippen molar-refractivity contribution in [1.82, 2.24) is 19.4 Å². The number of nitrogens with one attached hydrogen (secondary N) is 3. The molecule has 78 valence electrons. The molecule has 1 fully saturated rings. The van der Waals surface area contributed by atoms with Gasteiger partial charge in [-0.25, -0.2) is 0 Å². The Morgan fingerprint density at radius 1 is 1.27 bits per heavy atom. The maximum Gasteiger partial charge on any atom is 0.132 e. The molecule has 6 heteroatoms. The highest BCUT2D eigenvalue weighted by Gasteiger charge is 2.14. The molecule has 3 rings (SSSR count). The quantitative estimate of drug-likeness (QED) is 0.692. The van der Waals surface area contributed by atoms with Gasteiger partial charge >= 0.3 is 0 Å². The van der Waals surface area contributed by atoms with Crippen molar-refractivity contribution in [3.05, 3.63) is 18.2 Å². The summed E-state index contributed by atoms with van der Waals surface area (Å²) in [7, 11) is 0. The van der Waals surface area contributed by atoms with Gasteiger partial charge in [-0.2, -0.15) is 8.75 Å². The summed E-state index contributed by atoms with van der Waals surface area (Å²) < 4.78 is 8.48. The van der Waals surface area contributed by atoms with E-state index in [9.17, 15) is 0 Å². The Morgan fingerprint density at radius 3 is 3.00 bits per heavy atom. The third-order valence-electron chi connectivity index (χ3n) is 2.41. The molecule has 1 aromatic heterocycles. The SMILES string of the molecule is c1cc(NC2NCCN2)c2nsnc2c1. The summed E-state index contributed by atoms with van der Waals surface area (Å²) in [5, 5.41) is 9.94. The van der Waals surface area contributed by atoms with E-state index in [-0.39, 0.29) is 6.29 Å². The van der Waals surface area contributed by atoms with Crippen molar-refractivity contribution < 1.29 is 0 Å². The minimum Gasteiger partial charge on any atom is -0.356 e. The number of benzene rings is 1. The first kappa shape index (κ1) is 9.02. The van der Waals surface area contributed by atoms with Crippen LogP contribution in [0.5, 0.6) is 0 Å². The molecule has 1 aliphatic rings. The van der Waals surface area contributed by atoms with Gasteiger partial charge in [-0.15, -0.1) is 0 Å². The van der Waals surface area contributed by atoms with Crippen LogP contribution in [0.15, 0.2) is 18.2 Å². The average Bonchev–Trinajstić information content (AvgIpc) is 2.87. The minimum atomic E-state index is 0.136. The summed E-state index contributed by atoms with van der Waals surface area (Å²) in [5.74, 6) is 0. The van der Waals surface area contributed by atoms with Crippen molar-refractivity contribution in [2.24, 2.45) is 0 Å². The molecule has 1 saturated heterocycles. The fourth-order valence-corrected chi connectivity index (χ4v) is 2.24. The van der Waals surface area contributed by atoms with Crippen molar-refractivity contribution in [3.63, 3.8) is 0 Å². The number of rotatable bonds is 2. The van der Waals surface area contributed by atoms with Crippen LogP contribution in [-0.4, -0.2) is 28.1 Å². The molecule has 0 aliphatic carbocycles. The van der Waals surface area contributed by atoms with E-state index in [1.807, 2.05) is 18.2 Å². The van der Waals surface area contributed by atoms with Crippen molar-refractivity contribution in [2.45, 2.75) is 6.29 Å². The highest BCUT2D eigenvalue weighted by molar-refractivity contribution is 7.00. The third kappa shape index (κ3) is 1.67. The number of anilines is 1. The van der Waals surface area contributed by atoms with Gasteiger partial charge in [-0.05, 0) is 12.1 Å². The van der Waals surface area contributed by atoms with Crippen LogP contribution in [0.25, 0.3) is 11.0 Å². The summed E-state index contributed by atoms with van der Waals surface area (Å²) in [4.78, 5) is 0. The first-order valence-electron chi connectivity index (χ1n) is 4.88. The summed E-state index contributed by atoms with van der Waals surface area (Å²) >= 11 is 1.24. The third-order valence-corrected chi connectivity index (χ3v) is 2.95. The second-order valence-electron chi connectivity index (χ2n) is 3.42. The first-order valence-corrected chi connectivity index (χ1v) is 5.61. The molecule has 0 unspecified atom stereocenters. The van der Waals surface area contributed by atoms with Crippen LogP contribution in [-0.2, 0) is 0 Å². The van der Waals surface area contributed by atoms with Crippen molar-refractivity contribution in [2.75, 3.05) is 18.4 Å². The Morgan fingerprint density at radius 2 is 2.13 bits per heavy atom. The lowest BCUT2D eigenvalue weighted by Crippen LogP contribution is -2.38. The average molecular weight is 221 g/mol. The lowest BCUT2D eigenvalue weighted by atomic mass is 10.2. The number of fused-ring (bicyclic) bond motifs is 1. The number of nitrogens with zero attached hydrogens (tertiary/aromatic N) is 2. The van der Waals surface area contributed by atoms with Gasteiger partial charge in [0.2, 0.25) is 0 Å². The molecule has 1 aliphatic heterocycles. The van der Waals surface area contributed by atoms with Gasteiger partial charge in [0.1, 0.15) is 17.3 Å². The van der Waals surface area contributed by atoms with E-state index in [4.69, 9.17) is 0 Å². The van der Waals surface area contributed by atoms with Crippen LogP contribution in [0.3, 0.4) is 0 Å². The Balaban J connectivity index is 1.92. The Labute approximate surface area is 91.2 Å². The second-order valence-corrected chi connectivity index (χ2v) is 3.95. The van der Waals surface area contributed by atoms with Crippen LogP contribution in [0, 0.1) is 0 Å². The van der Waals surface area contributed by atoms with Crippen LogP contribution in [0.2, 0.25) is 0 Å². The van der Waals surface area contributed by atoms with Gasteiger partial charge in [-0.1, -0.05) is 6.07 Å². The minimum absolute atomic E-state index is 0.136. The molecule has 0 saturated carbocycles. The molecule has 15 heavy (non-hydrogen) atoms. The number of hydrogen-bond donors (Lipinski definition) is 3. The highest BCUT2D eigenvalue weighted by atomic mass is 32.1. The van der Waals surface area contributed by atoms with E-state index in [0.29, 0.717) is 0 Å². The zero-order valence-electron chi connectivity index (χ0n) is 8.03. The van der Waals surface area contributed by atoms with Crippen molar-refractivity contribution in [3.8, 4) is 0 Å². The van der Waals surface area contributed by atoms with Gasteiger partial charge < -0.3 is 5.32 Å². The lowest BCUT2D eigenvalue weighted by Gasteiger charge is -2.14. The monoisotopic (exact) mass is 221 g/mol. The van der Waals surface area contributed by atoms with Gasteiger partial charge in [0.25, 0.3) is 0 Å². The van der Waals surface area contributed by atoms with Crippen LogP contribution in [0.1, 0.15) is 0 Å². The lowest BCUT2D eigenvalue weighted by molar-refractivity contribution is 0.621. The number of hydrogen-bond acceptors (Lipinski definition) is 6. The molecule has 1 aromatic carbocycles. The molecule has 0 spiro atoms. The van der Waals surface area contributed by atoms with Gasteiger partial charge in [-0.3, -0.25) is 10.6 Å². The molecule has 2 heterocycles. The van der Waals surface area contributed by atoms with E-state index >= 15 is 0 Å². The molecule has 3 N–H and O–H groups in total. The van der Waals surface area contributed by atoms with Gasteiger partial charge in [0, 0.05) is 13.1 Å². The standard InChI is InChI=1S/C9H11N5S/c1-2-6(12-9-10-4-5-11-9)8-7(3-1)13-15-14-8/h1-3,9-12H,4-5H2. The topological polar surface area (TPSA) is 61.9 Å². The zero-order chi connectivity index (χ0) is 10.1. The van der Waals surface area contributed by atoms with E-state index in [0.717, 1.165) is 29.8 Å². The fourth-order valence-electron chi connectivity index (χ4n) is 1.69. The molecule has 2 aromatic rings. The summed E-state index contributed by atoms with van der Waals surface area (Å²) in [6, 6.07) is 5.98. The molecular formula is C9H11N5S. The van der Waals surface area contributed by atoms with Crippen LogP contribution in [0.4, 0.5) is 5.69 Å². The fraction of sp³-hybridized carbons (Fsp3) is 0.333. The van der Waals surface area contributed by atoms with Gasteiger partial charge in [0.15, 0.2) is 0 Å². The Bertz CT molecular complexity index is 462. The van der Waals surface area contributed by atoms with Gasteiger partial charge in [0.05, 0.1) is 17.4 Å². The van der Waals surface area contributed by atoms with Crippen LogP contribution < -0.4 is 16.0 Å². The van der Waals surface area contributed by atoms with E-state index in [1.54, 1.807) is 0 Å². The maximum absolute atomic E-state index is 4.27. The predicted molar refractivity (Wildman–Crippen MR) is 60.8 cm³/mol. The van der Waals surface area contributed by atoms with Crippen molar-refractivity contribution in [1.29, 1.82) is 0 Å². The number of aromatic nitrogens is 2. The highest BCUT2D eigenvalue weighted by Crippen LogP contribution is 2.21. The van der Waals surface area contributed by atoms with E-state index in [1.165, 1.54) is 11.7 Å². The molecule has 0 atom stereocenters. The molecule has 0 bridgehead atoms. The van der Waals surface area contributed by atoms with E-state index < -0.39 is 0 Å². The Hall–Kier alpha value is -1.24. The molecule has 0 amide bonds. The second kappa shape index (κ2) is 3.73. The smallest absolute Gasteiger partial charge is 0.132 e. The van der Waals surface area contributed by atoms with Crippen LogP contribution >= 0.6 is 11.7 Å². The molecule has 5 nitrogen and oxygen atoms in total. The molecular weight excluding hydrogens is 210 g/mol.